The lowest BCUT2D eigenvalue weighted by atomic mass is 10.1. The minimum atomic E-state index is -1.45. The summed E-state index contributed by atoms with van der Waals surface area (Å²) in [5, 5.41) is 24.6. The van der Waals surface area contributed by atoms with Crippen LogP contribution in [0.25, 0.3) is 11.1 Å². The van der Waals surface area contributed by atoms with Crippen molar-refractivity contribution < 1.29 is 33.8 Å². The number of carboxylic acid groups (broad SMARTS) is 2. The molecule has 0 radical (unpaired) electrons. The molecule has 1 saturated heterocycles. The van der Waals surface area contributed by atoms with Gasteiger partial charge in [0.25, 0.3) is 5.91 Å². The number of likely N-dealkylation sites (tertiary alicyclic amines) is 1. The number of hydrogen-bond acceptors (Lipinski definition) is 7. The number of fused-ring (bicyclic) bond motifs is 1. The fraction of sp³-hybridized carbons (Fsp3) is 0.300. The smallest absolute Gasteiger partial charge is 0.432 e. The number of nitrogens with zero attached hydrogens (tertiary/aromatic N) is 3. The van der Waals surface area contributed by atoms with E-state index in [0.717, 1.165) is 32.0 Å². The summed E-state index contributed by atoms with van der Waals surface area (Å²) in [7, 11) is 2.07. The van der Waals surface area contributed by atoms with Gasteiger partial charge in [0.2, 0.25) is 5.76 Å². The van der Waals surface area contributed by atoms with Gasteiger partial charge in [-0.3, -0.25) is 4.79 Å². The molecule has 1 aliphatic heterocycles. The number of amides is 1. The number of carbonyl (C=O) groups is 3. The molecular weight excluding hydrogens is 408 g/mol. The van der Waals surface area contributed by atoms with Gasteiger partial charge < -0.3 is 29.6 Å². The number of benzene rings is 1. The van der Waals surface area contributed by atoms with Gasteiger partial charge in [-0.1, -0.05) is 0 Å². The Hall–Kier alpha value is -3.86. The first-order valence-electron chi connectivity index (χ1n) is 9.57. The first kappa shape index (κ1) is 20.4. The lowest BCUT2D eigenvalue weighted by molar-refractivity contribution is 0.0664. The Bertz CT molecular complexity index is 1140. The quantitative estimate of drug-likeness (QED) is 0.558. The second-order valence-electron chi connectivity index (χ2n) is 7.27. The summed E-state index contributed by atoms with van der Waals surface area (Å²) in [6, 6.07) is 7.57. The third-order valence-electron chi connectivity index (χ3n) is 5.06. The number of piperidine rings is 1. The number of aromatic nitrogens is 2. The number of hydrogen-bond donors (Lipinski definition) is 3. The summed E-state index contributed by atoms with van der Waals surface area (Å²) in [6.45, 7) is 1.94. The maximum Gasteiger partial charge on any atom is 0.432 e. The Morgan fingerprint density at radius 1 is 1.16 bits per heavy atom. The van der Waals surface area contributed by atoms with E-state index in [1.54, 1.807) is 24.3 Å². The van der Waals surface area contributed by atoms with Crippen molar-refractivity contribution in [3.8, 4) is 5.75 Å². The summed E-state index contributed by atoms with van der Waals surface area (Å²) < 4.78 is 11.7. The average molecular weight is 428 g/mol. The number of anilines is 1. The van der Waals surface area contributed by atoms with Crippen molar-refractivity contribution in [2.24, 2.45) is 0 Å². The molecule has 11 heteroatoms. The molecule has 3 heterocycles. The highest BCUT2D eigenvalue weighted by Crippen LogP contribution is 2.27. The SMILES string of the molecule is CN1CCC(Oc2ccc(C(=O)Nc3nn(C(=O)O)c4cc(C(=O)O)oc34)cc2)CC1. The summed E-state index contributed by atoms with van der Waals surface area (Å²) in [5.74, 6) is -1.93. The van der Waals surface area contributed by atoms with Crippen LogP contribution < -0.4 is 10.1 Å². The highest BCUT2D eigenvalue weighted by atomic mass is 16.5. The van der Waals surface area contributed by atoms with Gasteiger partial charge in [-0.2, -0.15) is 4.68 Å². The van der Waals surface area contributed by atoms with Gasteiger partial charge >= 0.3 is 12.1 Å². The maximum absolute atomic E-state index is 12.6. The zero-order chi connectivity index (χ0) is 22.1. The van der Waals surface area contributed by atoms with E-state index >= 15 is 0 Å². The molecule has 1 amide bonds. The van der Waals surface area contributed by atoms with Crippen molar-refractivity contribution in [1.82, 2.24) is 14.7 Å². The third kappa shape index (κ3) is 4.21. The molecule has 0 bridgehead atoms. The van der Waals surface area contributed by atoms with Crippen molar-refractivity contribution in [3.63, 3.8) is 0 Å². The van der Waals surface area contributed by atoms with Crippen LogP contribution in [0.4, 0.5) is 10.6 Å². The van der Waals surface area contributed by atoms with Crippen LogP contribution in [0.1, 0.15) is 33.8 Å². The second-order valence-corrected chi connectivity index (χ2v) is 7.27. The number of ether oxygens (including phenoxy) is 1. The monoisotopic (exact) mass is 428 g/mol. The van der Waals surface area contributed by atoms with Crippen LogP contribution in [0, 0.1) is 0 Å². The topological polar surface area (TPSA) is 147 Å². The minimum absolute atomic E-state index is 0.0814. The van der Waals surface area contributed by atoms with Gasteiger partial charge in [-0.05, 0) is 44.2 Å². The molecule has 3 aromatic rings. The van der Waals surface area contributed by atoms with Crippen molar-refractivity contribution in [2.45, 2.75) is 18.9 Å². The van der Waals surface area contributed by atoms with Gasteiger partial charge in [0, 0.05) is 24.7 Å². The van der Waals surface area contributed by atoms with Crippen LogP contribution in [0.2, 0.25) is 0 Å². The highest BCUT2D eigenvalue weighted by Gasteiger charge is 2.24. The van der Waals surface area contributed by atoms with Crippen LogP contribution in [-0.4, -0.2) is 69.1 Å². The zero-order valence-electron chi connectivity index (χ0n) is 16.6. The summed E-state index contributed by atoms with van der Waals surface area (Å²) in [4.78, 5) is 37.3. The Balaban J connectivity index is 1.49. The maximum atomic E-state index is 12.6. The molecule has 162 valence electrons. The van der Waals surface area contributed by atoms with E-state index in [-0.39, 0.29) is 23.0 Å². The molecule has 31 heavy (non-hydrogen) atoms. The van der Waals surface area contributed by atoms with E-state index in [4.69, 9.17) is 14.3 Å². The standard InChI is InChI=1S/C20H20N4O7/c1-23-8-6-13(7-9-23)30-12-4-2-11(3-5-12)18(25)21-17-16-14(24(22-17)20(28)29)10-15(31-16)19(26)27/h2-5,10,13H,6-9H2,1H3,(H,26,27)(H,28,29)(H,21,22,25). The molecule has 0 saturated carbocycles. The molecule has 0 unspecified atom stereocenters. The van der Waals surface area contributed by atoms with E-state index < -0.39 is 23.7 Å². The summed E-state index contributed by atoms with van der Waals surface area (Å²) >= 11 is 0. The number of aromatic carboxylic acids is 1. The Kier molecular flexibility index (Phi) is 5.34. The molecule has 4 rings (SSSR count). The van der Waals surface area contributed by atoms with Gasteiger partial charge in [-0.15, -0.1) is 5.10 Å². The molecule has 3 N–H and O–H groups in total. The Labute approximate surface area is 175 Å². The normalized spacial score (nSPS) is 15.1. The van der Waals surface area contributed by atoms with Crippen LogP contribution in [-0.2, 0) is 0 Å². The third-order valence-corrected chi connectivity index (χ3v) is 5.06. The van der Waals surface area contributed by atoms with Crippen LogP contribution in [0.3, 0.4) is 0 Å². The lowest BCUT2D eigenvalue weighted by Crippen LogP contribution is -2.35. The number of carboxylic acids is 1. The molecular formula is C20H20N4O7. The van der Waals surface area contributed by atoms with E-state index in [1.165, 1.54) is 0 Å². The van der Waals surface area contributed by atoms with Crippen LogP contribution in [0.15, 0.2) is 34.7 Å². The summed E-state index contributed by atoms with van der Waals surface area (Å²) in [6.07, 6.45) is 0.551. The average Bonchev–Trinajstić information content (AvgIpc) is 3.31. The molecule has 2 aromatic heterocycles. The fourth-order valence-electron chi connectivity index (χ4n) is 3.40. The van der Waals surface area contributed by atoms with Crippen LogP contribution in [0.5, 0.6) is 5.75 Å². The van der Waals surface area contributed by atoms with Gasteiger partial charge in [-0.25, -0.2) is 9.59 Å². The zero-order valence-corrected chi connectivity index (χ0v) is 16.6. The molecule has 1 aromatic carbocycles. The second kappa shape index (κ2) is 8.11. The Morgan fingerprint density at radius 3 is 2.45 bits per heavy atom. The number of rotatable bonds is 5. The van der Waals surface area contributed by atoms with E-state index in [9.17, 15) is 19.5 Å². The fourth-order valence-corrected chi connectivity index (χ4v) is 3.40. The van der Waals surface area contributed by atoms with Gasteiger partial charge in [0.05, 0.1) is 0 Å². The van der Waals surface area contributed by atoms with Crippen molar-refractivity contribution in [2.75, 3.05) is 25.5 Å². The molecule has 0 atom stereocenters. The van der Waals surface area contributed by atoms with Crippen molar-refractivity contribution in [1.29, 1.82) is 0 Å². The van der Waals surface area contributed by atoms with E-state index in [2.05, 4.69) is 22.4 Å². The van der Waals surface area contributed by atoms with Gasteiger partial charge in [0.1, 0.15) is 17.4 Å². The first-order chi connectivity index (χ1) is 14.8. The first-order valence-corrected chi connectivity index (χ1v) is 9.57. The molecule has 1 fully saturated rings. The van der Waals surface area contributed by atoms with E-state index in [0.29, 0.717) is 16.0 Å². The minimum Gasteiger partial charge on any atom is -0.490 e. The molecule has 11 nitrogen and oxygen atoms in total. The summed E-state index contributed by atoms with van der Waals surface area (Å²) in [5.41, 5.74) is 0.0659. The Morgan fingerprint density at radius 2 is 1.84 bits per heavy atom. The lowest BCUT2D eigenvalue weighted by Gasteiger charge is -2.29. The number of carbonyl (C=O) groups excluding carboxylic acids is 1. The highest BCUT2D eigenvalue weighted by molar-refractivity contribution is 6.08. The van der Waals surface area contributed by atoms with Crippen LogP contribution >= 0.6 is 0 Å². The van der Waals surface area contributed by atoms with Crippen molar-refractivity contribution >= 4 is 34.9 Å². The van der Waals surface area contributed by atoms with Gasteiger partial charge in [0.15, 0.2) is 11.4 Å². The number of furan rings is 1. The molecule has 0 spiro atoms. The molecule has 1 aliphatic rings. The largest absolute Gasteiger partial charge is 0.490 e. The van der Waals surface area contributed by atoms with E-state index in [1.807, 2.05) is 0 Å². The predicted molar refractivity (Wildman–Crippen MR) is 108 cm³/mol. The predicted octanol–water partition coefficient (Wildman–Crippen LogP) is 2.58. The number of nitrogens with one attached hydrogen (secondary N) is 1. The van der Waals surface area contributed by atoms with Crippen molar-refractivity contribution in [3.05, 3.63) is 41.7 Å². The molecule has 0 aliphatic carbocycles.